The molecule has 1 heterocycles. The van der Waals surface area contributed by atoms with Gasteiger partial charge in [0.05, 0.1) is 7.11 Å². The van der Waals surface area contributed by atoms with E-state index in [2.05, 4.69) is 4.90 Å². The normalized spacial score (nSPS) is 16.5. The molecule has 26 heavy (non-hydrogen) atoms. The number of ether oxygens (including phenoxy) is 2. The van der Waals surface area contributed by atoms with Crippen LogP contribution >= 0.6 is 0 Å². The maximum Gasteiger partial charge on any atom is 0.303 e. The van der Waals surface area contributed by atoms with Crippen LogP contribution in [0.1, 0.15) is 31.2 Å². The number of hydrogen-bond acceptors (Lipinski definition) is 4. The Morgan fingerprint density at radius 2 is 1.92 bits per heavy atom. The van der Waals surface area contributed by atoms with Gasteiger partial charge in [0, 0.05) is 24.7 Å². The highest BCUT2D eigenvalue weighted by Gasteiger charge is 2.25. The Morgan fingerprint density at radius 3 is 2.58 bits per heavy atom. The molecule has 5 heteroatoms. The van der Waals surface area contributed by atoms with E-state index < -0.39 is 5.97 Å². The standard InChI is InChI=1S/C21H25NO4/c1-15-14-19(25-2)10-11-20(15)26-18-8-5-17(6-9-18)22-13-3-4-16(22)7-12-21(23)24/h5-6,8-11,14,16H,3-4,7,12-13H2,1-2H3,(H,23,24)/t16-/m0/s1. The number of rotatable bonds is 7. The van der Waals surface area contributed by atoms with Gasteiger partial charge in [-0.15, -0.1) is 0 Å². The SMILES string of the molecule is COc1ccc(Oc2ccc(N3CCC[C@H]3CCC(=O)O)cc2)c(C)c1. The zero-order valence-electron chi connectivity index (χ0n) is 15.3. The van der Waals surface area contributed by atoms with Crippen molar-refractivity contribution in [1.29, 1.82) is 0 Å². The zero-order valence-corrected chi connectivity index (χ0v) is 15.3. The second kappa shape index (κ2) is 8.13. The first kappa shape index (κ1) is 18.1. The molecule has 1 aliphatic heterocycles. The van der Waals surface area contributed by atoms with E-state index in [-0.39, 0.29) is 6.42 Å². The van der Waals surface area contributed by atoms with E-state index in [1.165, 1.54) is 0 Å². The van der Waals surface area contributed by atoms with E-state index >= 15 is 0 Å². The van der Waals surface area contributed by atoms with E-state index in [0.717, 1.165) is 47.9 Å². The summed E-state index contributed by atoms with van der Waals surface area (Å²) in [5, 5.41) is 8.92. The molecule has 0 radical (unpaired) electrons. The van der Waals surface area contributed by atoms with Gasteiger partial charge >= 0.3 is 5.97 Å². The smallest absolute Gasteiger partial charge is 0.303 e. The quantitative estimate of drug-likeness (QED) is 0.785. The minimum atomic E-state index is -0.726. The molecule has 1 aliphatic rings. The molecule has 1 N–H and O–H groups in total. The minimum absolute atomic E-state index is 0.221. The molecule has 0 unspecified atom stereocenters. The van der Waals surface area contributed by atoms with Crippen molar-refractivity contribution in [1.82, 2.24) is 0 Å². The fourth-order valence-electron chi connectivity index (χ4n) is 3.46. The largest absolute Gasteiger partial charge is 0.497 e. The van der Waals surface area contributed by atoms with Crippen LogP contribution in [-0.2, 0) is 4.79 Å². The average Bonchev–Trinajstić information content (AvgIpc) is 3.11. The number of carbonyl (C=O) groups is 1. The molecule has 1 saturated heterocycles. The molecule has 1 fully saturated rings. The van der Waals surface area contributed by atoms with E-state index in [1.807, 2.05) is 49.4 Å². The Balaban J connectivity index is 1.67. The van der Waals surface area contributed by atoms with E-state index in [1.54, 1.807) is 7.11 Å². The van der Waals surface area contributed by atoms with Crippen molar-refractivity contribution in [2.45, 2.75) is 38.6 Å². The molecule has 1 atom stereocenters. The van der Waals surface area contributed by atoms with Crippen LogP contribution in [0.4, 0.5) is 5.69 Å². The van der Waals surface area contributed by atoms with Crippen LogP contribution in [0.5, 0.6) is 17.2 Å². The molecule has 2 aromatic carbocycles. The van der Waals surface area contributed by atoms with E-state index in [0.29, 0.717) is 12.5 Å². The number of hydrogen-bond donors (Lipinski definition) is 1. The molecule has 0 aromatic heterocycles. The summed E-state index contributed by atoms with van der Waals surface area (Å²) < 4.78 is 11.2. The molecule has 5 nitrogen and oxygen atoms in total. The van der Waals surface area contributed by atoms with Crippen LogP contribution in [0.3, 0.4) is 0 Å². The summed E-state index contributed by atoms with van der Waals surface area (Å²) in [6.45, 7) is 2.96. The van der Waals surface area contributed by atoms with Crippen LogP contribution in [0, 0.1) is 6.92 Å². The number of aryl methyl sites for hydroxylation is 1. The molecular formula is C21H25NO4. The second-order valence-electron chi connectivity index (χ2n) is 6.65. The number of anilines is 1. The Kier molecular flexibility index (Phi) is 5.66. The lowest BCUT2D eigenvalue weighted by Crippen LogP contribution is -2.29. The Bertz CT molecular complexity index is 757. The third-order valence-corrected chi connectivity index (χ3v) is 4.85. The lowest BCUT2D eigenvalue weighted by molar-refractivity contribution is -0.137. The summed E-state index contributed by atoms with van der Waals surface area (Å²) in [6, 6.07) is 14.1. The van der Waals surface area contributed by atoms with Crippen molar-refractivity contribution in [3.05, 3.63) is 48.0 Å². The highest BCUT2D eigenvalue weighted by Crippen LogP contribution is 2.32. The second-order valence-corrected chi connectivity index (χ2v) is 6.65. The van der Waals surface area contributed by atoms with Crippen LogP contribution in [-0.4, -0.2) is 30.8 Å². The summed E-state index contributed by atoms with van der Waals surface area (Å²) in [4.78, 5) is 13.2. The van der Waals surface area contributed by atoms with Crippen molar-refractivity contribution in [3.63, 3.8) is 0 Å². The highest BCUT2D eigenvalue weighted by atomic mass is 16.5. The first-order chi connectivity index (χ1) is 12.6. The van der Waals surface area contributed by atoms with Gasteiger partial charge in [-0.3, -0.25) is 4.79 Å². The van der Waals surface area contributed by atoms with Gasteiger partial charge in [0.15, 0.2) is 0 Å². The molecular weight excluding hydrogens is 330 g/mol. The van der Waals surface area contributed by atoms with Gasteiger partial charge in [0.25, 0.3) is 0 Å². The predicted octanol–water partition coefficient (Wildman–Crippen LogP) is 4.63. The molecule has 2 aromatic rings. The van der Waals surface area contributed by atoms with E-state index in [4.69, 9.17) is 14.6 Å². The number of carboxylic acid groups (broad SMARTS) is 1. The van der Waals surface area contributed by atoms with E-state index in [9.17, 15) is 4.79 Å². The van der Waals surface area contributed by atoms with Crippen LogP contribution < -0.4 is 14.4 Å². The number of benzene rings is 2. The Hall–Kier alpha value is -2.69. The van der Waals surface area contributed by atoms with Gasteiger partial charge in [-0.25, -0.2) is 0 Å². The van der Waals surface area contributed by atoms with Crippen LogP contribution in [0.2, 0.25) is 0 Å². The molecule has 138 valence electrons. The van der Waals surface area contributed by atoms with Crippen LogP contribution in [0.15, 0.2) is 42.5 Å². The third-order valence-electron chi connectivity index (χ3n) is 4.85. The Morgan fingerprint density at radius 1 is 1.19 bits per heavy atom. The molecule has 0 bridgehead atoms. The van der Waals surface area contributed by atoms with Gasteiger partial charge in [0.2, 0.25) is 0 Å². The van der Waals surface area contributed by atoms with Gasteiger partial charge in [-0.1, -0.05) is 0 Å². The van der Waals surface area contributed by atoms with Crippen molar-refractivity contribution < 1.29 is 19.4 Å². The average molecular weight is 355 g/mol. The zero-order chi connectivity index (χ0) is 18.5. The monoisotopic (exact) mass is 355 g/mol. The van der Waals surface area contributed by atoms with Crippen molar-refractivity contribution >= 4 is 11.7 Å². The topological polar surface area (TPSA) is 59.0 Å². The fraction of sp³-hybridized carbons (Fsp3) is 0.381. The van der Waals surface area contributed by atoms with Crippen molar-refractivity contribution in [3.8, 4) is 17.2 Å². The molecule has 0 saturated carbocycles. The van der Waals surface area contributed by atoms with Gasteiger partial charge in [-0.2, -0.15) is 0 Å². The van der Waals surface area contributed by atoms with Gasteiger partial charge < -0.3 is 19.5 Å². The Labute approximate surface area is 154 Å². The number of methoxy groups -OCH3 is 1. The van der Waals surface area contributed by atoms with Crippen molar-refractivity contribution in [2.75, 3.05) is 18.6 Å². The maximum absolute atomic E-state index is 10.8. The van der Waals surface area contributed by atoms with Gasteiger partial charge in [0.1, 0.15) is 17.2 Å². The predicted molar refractivity (Wildman–Crippen MR) is 101 cm³/mol. The number of carboxylic acids is 1. The first-order valence-electron chi connectivity index (χ1n) is 8.98. The minimum Gasteiger partial charge on any atom is -0.497 e. The fourth-order valence-corrected chi connectivity index (χ4v) is 3.46. The summed E-state index contributed by atoms with van der Waals surface area (Å²) in [5.74, 6) is 1.67. The summed E-state index contributed by atoms with van der Waals surface area (Å²) >= 11 is 0. The molecule has 0 aliphatic carbocycles. The molecule has 0 spiro atoms. The third kappa shape index (κ3) is 4.28. The summed E-state index contributed by atoms with van der Waals surface area (Å²) in [6.07, 6.45) is 3.07. The first-order valence-corrected chi connectivity index (χ1v) is 8.98. The maximum atomic E-state index is 10.8. The van der Waals surface area contributed by atoms with Gasteiger partial charge in [-0.05, 0) is 74.2 Å². The summed E-state index contributed by atoms with van der Waals surface area (Å²) in [5.41, 5.74) is 2.14. The molecule has 3 rings (SSSR count). The number of nitrogens with zero attached hydrogens (tertiary/aromatic N) is 1. The van der Waals surface area contributed by atoms with Crippen molar-refractivity contribution in [2.24, 2.45) is 0 Å². The lowest BCUT2D eigenvalue weighted by Gasteiger charge is -2.26. The molecule has 0 amide bonds. The van der Waals surface area contributed by atoms with Crippen LogP contribution in [0.25, 0.3) is 0 Å². The number of aliphatic carboxylic acids is 1. The lowest BCUT2D eigenvalue weighted by atomic mass is 10.1. The summed E-state index contributed by atoms with van der Waals surface area (Å²) in [7, 11) is 1.65. The highest BCUT2D eigenvalue weighted by molar-refractivity contribution is 5.66.